The first-order valence-electron chi connectivity index (χ1n) is 5.93. The van der Waals surface area contributed by atoms with Crippen molar-refractivity contribution in [2.75, 3.05) is 18.9 Å². The van der Waals surface area contributed by atoms with E-state index in [1.807, 2.05) is 0 Å². The quantitative estimate of drug-likeness (QED) is 0.453. The Bertz CT molecular complexity index is 401. The average molecular weight is 250 g/mol. The van der Waals surface area contributed by atoms with E-state index in [-0.39, 0.29) is 11.9 Å². The molecule has 3 N–H and O–H groups in total. The monoisotopic (exact) mass is 250 g/mol. The van der Waals surface area contributed by atoms with E-state index in [2.05, 4.69) is 5.32 Å². The van der Waals surface area contributed by atoms with E-state index >= 15 is 0 Å². The molecular formula is C13H18N2O3. The lowest BCUT2D eigenvalue weighted by Gasteiger charge is -2.05. The molecule has 0 radical (unpaired) electrons. The summed E-state index contributed by atoms with van der Waals surface area (Å²) in [5, 5.41) is 2.73. The summed E-state index contributed by atoms with van der Waals surface area (Å²) in [6.45, 7) is 2.60. The average Bonchev–Trinajstić information content (AvgIpc) is 2.35. The fourth-order valence-corrected chi connectivity index (χ4v) is 1.40. The minimum atomic E-state index is -0.237. The van der Waals surface area contributed by atoms with Gasteiger partial charge in [0, 0.05) is 24.2 Å². The highest BCUT2D eigenvalue weighted by Gasteiger charge is 2.05. The lowest BCUT2D eigenvalue weighted by molar-refractivity contribution is -0.143. The molecule has 1 rings (SSSR count). The van der Waals surface area contributed by atoms with Gasteiger partial charge in [0.05, 0.1) is 6.61 Å². The molecule has 18 heavy (non-hydrogen) atoms. The summed E-state index contributed by atoms with van der Waals surface area (Å²) in [7, 11) is 0. The number of ether oxygens (including phenoxy) is 1. The fraction of sp³-hybridized carbons (Fsp3) is 0.385. The number of nitrogens with one attached hydrogen (secondary N) is 1. The second kappa shape index (κ2) is 7.32. The number of rotatable bonds is 6. The molecule has 0 saturated heterocycles. The number of hydrogen-bond acceptors (Lipinski definition) is 4. The summed E-state index contributed by atoms with van der Waals surface area (Å²) >= 11 is 0. The zero-order valence-electron chi connectivity index (χ0n) is 10.4. The lowest BCUT2D eigenvalue weighted by atomic mass is 10.2. The largest absolute Gasteiger partial charge is 0.466 e. The van der Waals surface area contributed by atoms with Gasteiger partial charge >= 0.3 is 5.97 Å². The van der Waals surface area contributed by atoms with Crippen molar-refractivity contribution in [2.24, 2.45) is 0 Å². The maximum absolute atomic E-state index is 11.7. The van der Waals surface area contributed by atoms with E-state index in [4.69, 9.17) is 10.5 Å². The zero-order valence-corrected chi connectivity index (χ0v) is 10.4. The van der Waals surface area contributed by atoms with Gasteiger partial charge in [-0.25, -0.2) is 0 Å². The van der Waals surface area contributed by atoms with E-state index in [1.165, 1.54) is 0 Å². The van der Waals surface area contributed by atoms with Crippen LogP contribution in [0.4, 0.5) is 5.69 Å². The van der Waals surface area contributed by atoms with E-state index in [1.54, 1.807) is 31.2 Å². The number of nitrogen functional groups attached to an aromatic ring is 1. The van der Waals surface area contributed by atoms with Crippen LogP contribution >= 0.6 is 0 Å². The van der Waals surface area contributed by atoms with Crippen LogP contribution in [-0.2, 0) is 9.53 Å². The lowest BCUT2D eigenvalue weighted by Crippen LogP contribution is -2.25. The standard InChI is InChI=1S/C13H18N2O3/c1-2-18-12(16)4-3-9-15-13(17)10-5-7-11(14)8-6-10/h5-8H,2-4,9,14H2,1H3,(H,15,17). The molecule has 0 aliphatic rings. The van der Waals surface area contributed by atoms with E-state index in [0.717, 1.165) is 0 Å². The van der Waals surface area contributed by atoms with Crippen LogP contribution < -0.4 is 11.1 Å². The smallest absolute Gasteiger partial charge is 0.305 e. The summed E-state index contributed by atoms with van der Waals surface area (Å²) in [6, 6.07) is 6.67. The molecule has 0 heterocycles. The van der Waals surface area contributed by atoms with Gasteiger partial charge in [-0.05, 0) is 37.6 Å². The maximum atomic E-state index is 11.7. The van der Waals surface area contributed by atoms with Gasteiger partial charge in [-0.2, -0.15) is 0 Å². The second-order valence-electron chi connectivity index (χ2n) is 3.79. The molecule has 1 amide bonds. The van der Waals surface area contributed by atoms with Gasteiger partial charge in [-0.3, -0.25) is 9.59 Å². The fourth-order valence-electron chi connectivity index (χ4n) is 1.40. The third kappa shape index (κ3) is 4.86. The number of esters is 1. The van der Waals surface area contributed by atoms with Crippen LogP contribution in [0.3, 0.4) is 0 Å². The van der Waals surface area contributed by atoms with Crippen molar-refractivity contribution < 1.29 is 14.3 Å². The SMILES string of the molecule is CCOC(=O)CCCNC(=O)c1ccc(N)cc1. The molecule has 0 bridgehead atoms. The minimum absolute atomic E-state index is 0.168. The van der Waals surface area contributed by atoms with E-state index in [9.17, 15) is 9.59 Å². The van der Waals surface area contributed by atoms with Crippen LogP contribution in [0.5, 0.6) is 0 Å². The number of anilines is 1. The van der Waals surface area contributed by atoms with Crippen molar-refractivity contribution in [3.63, 3.8) is 0 Å². The molecular weight excluding hydrogens is 232 g/mol. The van der Waals surface area contributed by atoms with Crippen molar-refractivity contribution in [3.8, 4) is 0 Å². The first-order valence-corrected chi connectivity index (χ1v) is 5.93. The molecule has 0 unspecified atom stereocenters. The van der Waals surface area contributed by atoms with Crippen LogP contribution in [0.1, 0.15) is 30.1 Å². The van der Waals surface area contributed by atoms with Crippen molar-refractivity contribution in [1.82, 2.24) is 5.32 Å². The molecule has 0 saturated carbocycles. The Morgan fingerprint density at radius 1 is 1.28 bits per heavy atom. The highest BCUT2D eigenvalue weighted by molar-refractivity contribution is 5.94. The summed E-state index contributed by atoms with van der Waals surface area (Å²) in [5.74, 6) is -0.405. The Balaban J connectivity index is 2.25. The Morgan fingerprint density at radius 2 is 1.94 bits per heavy atom. The number of hydrogen-bond donors (Lipinski definition) is 2. The minimum Gasteiger partial charge on any atom is -0.466 e. The number of carbonyl (C=O) groups excluding carboxylic acids is 2. The van der Waals surface area contributed by atoms with Crippen molar-refractivity contribution >= 4 is 17.6 Å². The Kier molecular flexibility index (Phi) is 5.70. The molecule has 0 aromatic heterocycles. The number of nitrogens with two attached hydrogens (primary N) is 1. The maximum Gasteiger partial charge on any atom is 0.305 e. The van der Waals surface area contributed by atoms with Crippen LogP contribution in [0.15, 0.2) is 24.3 Å². The Morgan fingerprint density at radius 3 is 2.56 bits per heavy atom. The summed E-state index contributed by atoms with van der Waals surface area (Å²) in [6.07, 6.45) is 0.884. The molecule has 5 nitrogen and oxygen atoms in total. The number of amides is 1. The first-order chi connectivity index (χ1) is 8.63. The van der Waals surface area contributed by atoms with Crippen LogP contribution in [0, 0.1) is 0 Å². The molecule has 0 aliphatic heterocycles. The van der Waals surface area contributed by atoms with Gasteiger partial charge in [0.25, 0.3) is 5.91 Å². The number of carbonyl (C=O) groups is 2. The molecule has 1 aromatic carbocycles. The molecule has 0 atom stereocenters. The highest BCUT2D eigenvalue weighted by Crippen LogP contribution is 2.05. The van der Waals surface area contributed by atoms with Crippen LogP contribution in [0.25, 0.3) is 0 Å². The molecule has 1 aromatic rings. The predicted octanol–water partition coefficient (Wildman–Crippen LogP) is 1.34. The van der Waals surface area contributed by atoms with Crippen molar-refractivity contribution in [3.05, 3.63) is 29.8 Å². The summed E-state index contributed by atoms with van der Waals surface area (Å²) in [4.78, 5) is 22.7. The molecule has 0 fully saturated rings. The van der Waals surface area contributed by atoms with Crippen LogP contribution in [-0.4, -0.2) is 25.0 Å². The highest BCUT2D eigenvalue weighted by atomic mass is 16.5. The van der Waals surface area contributed by atoms with E-state index < -0.39 is 0 Å². The van der Waals surface area contributed by atoms with Gasteiger partial charge in [0.1, 0.15) is 0 Å². The predicted molar refractivity (Wildman–Crippen MR) is 69.1 cm³/mol. The van der Waals surface area contributed by atoms with Crippen LogP contribution in [0.2, 0.25) is 0 Å². The normalized spacial score (nSPS) is 9.83. The van der Waals surface area contributed by atoms with Crippen molar-refractivity contribution in [1.29, 1.82) is 0 Å². The topological polar surface area (TPSA) is 81.4 Å². The second-order valence-corrected chi connectivity index (χ2v) is 3.79. The van der Waals surface area contributed by atoms with Gasteiger partial charge in [0.15, 0.2) is 0 Å². The Labute approximate surface area is 106 Å². The van der Waals surface area contributed by atoms with Gasteiger partial charge in [-0.15, -0.1) is 0 Å². The molecule has 5 heteroatoms. The molecule has 98 valence electrons. The van der Waals surface area contributed by atoms with Gasteiger partial charge in [-0.1, -0.05) is 0 Å². The van der Waals surface area contributed by atoms with E-state index in [0.29, 0.717) is 37.2 Å². The third-order valence-corrected chi connectivity index (χ3v) is 2.32. The first kappa shape index (κ1) is 14.0. The summed E-state index contributed by atoms with van der Waals surface area (Å²) < 4.78 is 4.78. The summed E-state index contributed by atoms with van der Waals surface area (Å²) in [5.41, 5.74) is 6.70. The van der Waals surface area contributed by atoms with Gasteiger partial charge < -0.3 is 15.8 Å². The Hall–Kier alpha value is -2.04. The molecule has 0 aliphatic carbocycles. The molecule has 0 spiro atoms. The number of benzene rings is 1. The third-order valence-electron chi connectivity index (χ3n) is 2.32. The zero-order chi connectivity index (χ0) is 13.4. The van der Waals surface area contributed by atoms with Crippen molar-refractivity contribution in [2.45, 2.75) is 19.8 Å². The van der Waals surface area contributed by atoms with Gasteiger partial charge in [0.2, 0.25) is 0 Å².